The number of nitrogens with one attached hydrogen (secondary N) is 2. The number of imide groups is 1. The molecular weight excluding hydrogens is 506 g/mol. The van der Waals surface area contributed by atoms with Crippen LogP contribution in [0, 0.1) is 0 Å². The van der Waals surface area contributed by atoms with Crippen LogP contribution in [0.25, 0.3) is 10.8 Å². The van der Waals surface area contributed by atoms with Crippen molar-refractivity contribution in [1.29, 1.82) is 0 Å². The molecule has 3 aliphatic heterocycles. The van der Waals surface area contributed by atoms with Crippen LogP contribution in [-0.4, -0.2) is 60.1 Å². The number of halogens is 2. The maximum Gasteiger partial charge on any atom is 0.259 e. The first-order valence-electron chi connectivity index (χ1n) is 13.9. The molecule has 3 aliphatic rings. The molecule has 0 bridgehead atoms. The van der Waals surface area contributed by atoms with E-state index in [2.05, 4.69) is 15.5 Å². The summed E-state index contributed by atoms with van der Waals surface area (Å²) in [5.74, 6) is -3.70. The molecular formula is C29H34F2N4O4. The van der Waals surface area contributed by atoms with E-state index in [1.165, 1.54) is 4.90 Å². The van der Waals surface area contributed by atoms with E-state index in [0.29, 0.717) is 41.8 Å². The lowest BCUT2D eigenvalue weighted by molar-refractivity contribution is -0.134. The van der Waals surface area contributed by atoms with Crippen molar-refractivity contribution in [2.75, 3.05) is 29.9 Å². The standard InChI is InChI=1S/C29H34F2N4O4/c30-29(31)14-17-34(18-15-29)16-5-3-1-2-4-9-24(36)32-21-10-11-22-26-19(21)7-6-8-20(26)28(39)35(22)23-12-13-25(37)33-27(23)38/h6-8,10-11,23H,1-5,9,12-18H2,(H,32,36)(H,33,37,38). The van der Waals surface area contributed by atoms with E-state index < -0.39 is 17.9 Å². The highest BCUT2D eigenvalue weighted by Gasteiger charge is 2.41. The van der Waals surface area contributed by atoms with Crippen molar-refractivity contribution < 1.29 is 28.0 Å². The van der Waals surface area contributed by atoms with Crippen LogP contribution in [0.1, 0.15) is 74.6 Å². The van der Waals surface area contributed by atoms with Crippen molar-refractivity contribution in [2.24, 2.45) is 0 Å². The average Bonchev–Trinajstić information content (AvgIpc) is 3.18. The SMILES string of the molecule is O=C1CCC(N2C(=O)c3cccc4c(NC(=O)CCCCCCCN5CCC(F)(F)CC5)ccc2c34)C(=O)N1. The Labute approximate surface area is 226 Å². The van der Waals surface area contributed by atoms with Gasteiger partial charge in [-0.1, -0.05) is 31.4 Å². The summed E-state index contributed by atoms with van der Waals surface area (Å²) in [6.45, 7) is 1.78. The van der Waals surface area contributed by atoms with Crippen molar-refractivity contribution in [3.63, 3.8) is 0 Å². The molecule has 0 aliphatic carbocycles. The molecule has 208 valence electrons. The van der Waals surface area contributed by atoms with Crippen LogP contribution in [0.15, 0.2) is 30.3 Å². The quantitative estimate of drug-likeness (QED) is 0.339. The number of carbonyl (C=O) groups excluding carboxylic acids is 4. The van der Waals surface area contributed by atoms with Crippen LogP contribution in [-0.2, 0) is 14.4 Å². The number of benzene rings is 2. The molecule has 5 rings (SSSR count). The van der Waals surface area contributed by atoms with Gasteiger partial charge in [-0.25, -0.2) is 8.78 Å². The van der Waals surface area contributed by atoms with E-state index in [1.54, 1.807) is 24.3 Å². The van der Waals surface area contributed by atoms with Gasteiger partial charge < -0.3 is 10.2 Å². The van der Waals surface area contributed by atoms with E-state index in [0.717, 1.165) is 44.0 Å². The molecule has 0 spiro atoms. The summed E-state index contributed by atoms with van der Waals surface area (Å²) in [4.78, 5) is 53.6. The minimum absolute atomic E-state index is 0.0458. The van der Waals surface area contributed by atoms with E-state index in [-0.39, 0.29) is 43.4 Å². The Balaban J connectivity index is 1.12. The Morgan fingerprint density at radius 2 is 1.74 bits per heavy atom. The fourth-order valence-corrected chi connectivity index (χ4v) is 5.82. The third-order valence-corrected chi connectivity index (χ3v) is 7.99. The number of rotatable bonds is 10. The number of likely N-dealkylation sites (tertiary alicyclic amines) is 1. The topological polar surface area (TPSA) is 98.8 Å². The largest absolute Gasteiger partial charge is 0.326 e. The number of anilines is 2. The lowest BCUT2D eigenvalue weighted by Crippen LogP contribution is -2.53. The first-order chi connectivity index (χ1) is 18.7. The molecule has 8 nitrogen and oxygen atoms in total. The Bertz CT molecular complexity index is 1290. The van der Waals surface area contributed by atoms with Gasteiger partial charge in [-0.15, -0.1) is 0 Å². The number of piperidine rings is 2. The Morgan fingerprint density at radius 1 is 1.00 bits per heavy atom. The van der Waals surface area contributed by atoms with Crippen LogP contribution >= 0.6 is 0 Å². The number of unbranched alkanes of at least 4 members (excludes halogenated alkanes) is 4. The smallest absolute Gasteiger partial charge is 0.259 e. The van der Waals surface area contributed by atoms with Gasteiger partial charge >= 0.3 is 0 Å². The lowest BCUT2D eigenvalue weighted by Gasteiger charge is -2.31. The van der Waals surface area contributed by atoms with Gasteiger partial charge in [-0.05, 0) is 44.0 Å². The minimum Gasteiger partial charge on any atom is -0.326 e. The van der Waals surface area contributed by atoms with Gasteiger partial charge in [0.05, 0.1) is 5.69 Å². The molecule has 2 aromatic rings. The zero-order chi connectivity index (χ0) is 27.6. The molecule has 0 radical (unpaired) electrons. The predicted molar refractivity (Wildman–Crippen MR) is 144 cm³/mol. The van der Waals surface area contributed by atoms with Crippen LogP contribution < -0.4 is 15.5 Å². The number of hydrogen-bond donors (Lipinski definition) is 2. The molecule has 10 heteroatoms. The lowest BCUT2D eigenvalue weighted by atomic mass is 10.0. The molecule has 2 N–H and O–H groups in total. The van der Waals surface area contributed by atoms with Crippen LogP contribution in [0.5, 0.6) is 0 Å². The van der Waals surface area contributed by atoms with Crippen molar-refractivity contribution in [3.8, 4) is 0 Å². The van der Waals surface area contributed by atoms with Gasteiger partial charge in [0.15, 0.2) is 0 Å². The molecule has 0 aromatic heterocycles. The predicted octanol–water partition coefficient (Wildman–Crippen LogP) is 4.62. The average molecular weight is 541 g/mol. The minimum atomic E-state index is -2.50. The Hall–Kier alpha value is -3.40. The van der Waals surface area contributed by atoms with Gasteiger partial charge in [0.25, 0.3) is 11.8 Å². The summed E-state index contributed by atoms with van der Waals surface area (Å²) >= 11 is 0. The molecule has 1 atom stereocenters. The second kappa shape index (κ2) is 11.4. The van der Waals surface area contributed by atoms with Crippen LogP contribution in [0.3, 0.4) is 0 Å². The summed E-state index contributed by atoms with van der Waals surface area (Å²) < 4.78 is 26.5. The molecule has 2 saturated heterocycles. The van der Waals surface area contributed by atoms with Gasteiger partial charge in [0.1, 0.15) is 6.04 Å². The number of alkyl halides is 2. The van der Waals surface area contributed by atoms with Crippen molar-refractivity contribution in [2.45, 2.75) is 76.2 Å². The van der Waals surface area contributed by atoms with Gasteiger partial charge in [0.2, 0.25) is 17.7 Å². The molecule has 1 unspecified atom stereocenters. The Kier molecular flexibility index (Phi) is 7.93. The van der Waals surface area contributed by atoms with Crippen LogP contribution in [0.2, 0.25) is 0 Å². The number of nitrogens with zero attached hydrogens (tertiary/aromatic N) is 2. The summed E-state index contributed by atoms with van der Waals surface area (Å²) in [5, 5.41) is 6.73. The van der Waals surface area contributed by atoms with Crippen molar-refractivity contribution in [3.05, 3.63) is 35.9 Å². The molecule has 2 fully saturated rings. The molecule has 4 amide bonds. The highest BCUT2D eigenvalue weighted by molar-refractivity contribution is 6.28. The van der Waals surface area contributed by atoms with E-state index in [4.69, 9.17) is 0 Å². The first kappa shape index (κ1) is 27.2. The zero-order valence-electron chi connectivity index (χ0n) is 21.9. The second-order valence-electron chi connectivity index (χ2n) is 10.8. The zero-order valence-corrected chi connectivity index (χ0v) is 21.9. The fourth-order valence-electron chi connectivity index (χ4n) is 5.82. The van der Waals surface area contributed by atoms with E-state index in [9.17, 15) is 28.0 Å². The number of amides is 4. The summed E-state index contributed by atoms with van der Waals surface area (Å²) in [6.07, 6.45) is 5.40. The number of hydrogen-bond acceptors (Lipinski definition) is 5. The number of carbonyl (C=O) groups is 4. The molecule has 3 heterocycles. The van der Waals surface area contributed by atoms with E-state index >= 15 is 0 Å². The summed E-state index contributed by atoms with van der Waals surface area (Å²) in [6, 6.07) is 8.08. The summed E-state index contributed by atoms with van der Waals surface area (Å²) in [7, 11) is 0. The highest BCUT2D eigenvalue weighted by Crippen LogP contribution is 2.42. The van der Waals surface area contributed by atoms with Gasteiger partial charge in [-0.3, -0.25) is 29.4 Å². The molecule has 39 heavy (non-hydrogen) atoms. The second-order valence-corrected chi connectivity index (χ2v) is 10.8. The van der Waals surface area contributed by atoms with Gasteiger partial charge in [0, 0.05) is 60.8 Å². The first-order valence-corrected chi connectivity index (χ1v) is 13.9. The highest BCUT2D eigenvalue weighted by atomic mass is 19.3. The summed E-state index contributed by atoms with van der Waals surface area (Å²) in [5.41, 5.74) is 1.70. The van der Waals surface area contributed by atoms with Gasteiger partial charge in [-0.2, -0.15) is 0 Å². The van der Waals surface area contributed by atoms with Crippen molar-refractivity contribution >= 4 is 45.8 Å². The third-order valence-electron chi connectivity index (χ3n) is 7.99. The fraction of sp³-hybridized carbons (Fsp3) is 0.517. The molecule has 2 aromatic carbocycles. The van der Waals surface area contributed by atoms with E-state index in [1.807, 2.05) is 6.07 Å². The molecule has 0 saturated carbocycles. The normalized spacial score (nSPS) is 20.9. The van der Waals surface area contributed by atoms with Crippen molar-refractivity contribution in [1.82, 2.24) is 10.2 Å². The maximum atomic E-state index is 13.3. The van der Waals surface area contributed by atoms with Crippen LogP contribution in [0.4, 0.5) is 20.2 Å². The monoisotopic (exact) mass is 540 g/mol. The third kappa shape index (κ3) is 5.95. The Morgan fingerprint density at radius 3 is 2.51 bits per heavy atom. The maximum absolute atomic E-state index is 13.3.